The second kappa shape index (κ2) is 31.1. The molecule has 1 aliphatic rings. The van der Waals surface area contributed by atoms with Gasteiger partial charge in [0.25, 0.3) is 0 Å². The van der Waals surface area contributed by atoms with Crippen molar-refractivity contribution in [3.8, 4) is 5.75 Å². The molecule has 9 atom stereocenters. The van der Waals surface area contributed by atoms with Crippen molar-refractivity contribution >= 4 is 65.1 Å². The Morgan fingerprint density at radius 2 is 1.29 bits per heavy atom. The standard InChI is InChI=1S/C48H69N11O16/c1-26(41(67)56-34(48(74)75)22-29-13-15-30(62)16-14-29)53-44(70)33(21-28-9-4-3-5-10-28)54-38(64)24-51-37(63)23-52-43(69)32(17-18-39(65)66)55-45(71)36-12-8-20-59(36)47(73)35(25-60)57-46(72)40(27(2)61)58-42(68)31(50)11-6-7-19-49/h3-5,9-10,13-16,26-27,31-36,40,60-62H,6-8,11-12,17-25,49-50H2,1-2H3,(H,51,63)(H,52,69)(H,53,70)(H,54,64)(H,55,71)(H,56,67)(H,57,72)(H,58,68)(H,65,66)(H,74,75)/t26-,27+,31-,32-,33-,34-,35-,36-,40-/m0/s1. The van der Waals surface area contributed by atoms with Crippen molar-refractivity contribution in [1.82, 2.24) is 47.4 Å². The van der Waals surface area contributed by atoms with E-state index in [9.17, 15) is 78.3 Å². The fraction of sp³-hybridized carbons (Fsp3) is 0.521. The Morgan fingerprint density at radius 1 is 0.667 bits per heavy atom. The summed E-state index contributed by atoms with van der Waals surface area (Å²) < 4.78 is 0. The molecule has 27 heteroatoms. The van der Waals surface area contributed by atoms with Crippen LogP contribution >= 0.6 is 0 Å². The number of likely N-dealkylation sites (tertiary alicyclic amines) is 1. The van der Waals surface area contributed by atoms with Crippen LogP contribution in [0.25, 0.3) is 0 Å². The third kappa shape index (κ3) is 21.0. The van der Waals surface area contributed by atoms with Gasteiger partial charge in [0.1, 0.15) is 48.0 Å². The Kier molecular flexibility index (Phi) is 25.5. The van der Waals surface area contributed by atoms with Crippen LogP contribution in [0.3, 0.4) is 0 Å². The van der Waals surface area contributed by atoms with Crippen LogP contribution in [0.5, 0.6) is 5.75 Å². The number of aromatic hydroxyl groups is 1. The predicted molar refractivity (Wildman–Crippen MR) is 264 cm³/mol. The number of nitrogens with two attached hydrogens (primary N) is 2. The van der Waals surface area contributed by atoms with Crippen molar-refractivity contribution in [2.45, 2.75) is 126 Å². The summed E-state index contributed by atoms with van der Waals surface area (Å²) in [5.74, 6) is -10.9. The Morgan fingerprint density at radius 3 is 1.91 bits per heavy atom. The molecule has 0 radical (unpaired) electrons. The lowest BCUT2D eigenvalue weighted by atomic mass is 10.0. The number of phenolic OH excluding ortho intramolecular Hbond substituents is 1. The number of hydrogen-bond donors (Lipinski definition) is 15. The number of carbonyl (C=O) groups excluding carboxylic acids is 9. The van der Waals surface area contributed by atoms with E-state index in [1.165, 1.54) is 38.1 Å². The maximum absolute atomic E-state index is 13.7. The van der Waals surface area contributed by atoms with Crippen molar-refractivity contribution < 1.29 is 78.3 Å². The lowest BCUT2D eigenvalue weighted by Gasteiger charge is -2.30. The number of hydrogen-bond acceptors (Lipinski definition) is 16. The highest BCUT2D eigenvalue weighted by Crippen LogP contribution is 2.20. The van der Waals surface area contributed by atoms with Crippen LogP contribution in [0.1, 0.15) is 69.9 Å². The second-order valence-corrected chi connectivity index (χ2v) is 17.8. The third-order valence-corrected chi connectivity index (χ3v) is 11.8. The molecular weight excluding hydrogens is 987 g/mol. The molecule has 0 saturated carbocycles. The van der Waals surface area contributed by atoms with Gasteiger partial charge in [0.05, 0.1) is 31.8 Å². The Balaban J connectivity index is 1.60. The van der Waals surface area contributed by atoms with E-state index in [0.717, 1.165) is 4.90 Å². The fourth-order valence-corrected chi connectivity index (χ4v) is 7.64. The molecule has 17 N–H and O–H groups in total. The maximum atomic E-state index is 13.7. The van der Waals surface area contributed by atoms with E-state index in [4.69, 9.17) is 11.5 Å². The molecule has 1 heterocycles. The highest BCUT2D eigenvalue weighted by molar-refractivity contribution is 5.98. The molecule has 27 nitrogen and oxygen atoms in total. The van der Waals surface area contributed by atoms with Crippen LogP contribution in [-0.2, 0) is 65.6 Å². The smallest absolute Gasteiger partial charge is 0.326 e. The van der Waals surface area contributed by atoms with Crippen molar-refractivity contribution in [2.24, 2.45) is 11.5 Å². The van der Waals surface area contributed by atoms with Gasteiger partial charge in [0, 0.05) is 25.8 Å². The van der Waals surface area contributed by atoms with Gasteiger partial charge in [-0.05, 0) is 75.8 Å². The molecule has 2 aromatic carbocycles. The number of nitrogens with zero attached hydrogens (tertiary/aromatic N) is 1. The topological polar surface area (TPSA) is 440 Å². The number of nitrogens with one attached hydrogen (secondary N) is 8. The molecule has 1 aliphatic heterocycles. The van der Waals surface area contributed by atoms with E-state index < -0.39 is 152 Å². The fourth-order valence-electron chi connectivity index (χ4n) is 7.64. The zero-order valence-corrected chi connectivity index (χ0v) is 41.6. The third-order valence-electron chi connectivity index (χ3n) is 11.8. The number of carboxylic acids is 2. The summed E-state index contributed by atoms with van der Waals surface area (Å²) in [6.45, 7) is 0.378. The van der Waals surface area contributed by atoms with E-state index in [-0.39, 0.29) is 44.4 Å². The number of aliphatic hydroxyl groups excluding tert-OH is 2. The van der Waals surface area contributed by atoms with Gasteiger partial charge in [0.15, 0.2) is 0 Å². The molecule has 0 bridgehead atoms. The first-order chi connectivity index (χ1) is 35.5. The first kappa shape index (κ1) is 61.5. The van der Waals surface area contributed by atoms with Crippen LogP contribution in [0.15, 0.2) is 54.6 Å². The number of aliphatic hydroxyl groups is 2. The van der Waals surface area contributed by atoms with Crippen molar-refractivity contribution in [1.29, 1.82) is 0 Å². The van der Waals surface area contributed by atoms with Crippen molar-refractivity contribution in [3.05, 3.63) is 65.7 Å². The number of aliphatic carboxylic acids is 2. The number of carboxylic acid groups (broad SMARTS) is 2. The molecule has 1 saturated heterocycles. The van der Waals surface area contributed by atoms with E-state index in [2.05, 4.69) is 42.5 Å². The Labute approximate surface area is 431 Å². The zero-order chi connectivity index (χ0) is 55.8. The van der Waals surface area contributed by atoms with E-state index in [1.807, 2.05) is 0 Å². The zero-order valence-electron chi connectivity index (χ0n) is 41.6. The number of phenols is 1. The number of rotatable bonds is 31. The molecule has 0 unspecified atom stereocenters. The van der Waals surface area contributed by atoms with Crippen LogP contribution in [0.4, 0.5) is 0 Å². The van der Waals surface area contributed by atoms with Gasteiger partial charge >= 0.3 is 11.9 Å². The lowest BCUT2D eigenvalue weighted by molar-refractivity contribution is -0.144. The lowest BCUT2D eigenvalue weighted by Crippen LogP contribution is -2.61. The van der Waals surface area contributed by atoms with E-state index in [1.54, 1.807) is 30.3 Å². The molecule has 0 aliphatic carbocycles. The number of amides is 9. The normalized spacial score (nSPS) is 16.2. The second-order valence-electron chi connectivity index (χ2n) is 17.8. The summed E-state index contributed by atoms with van der Waals surface area (Å²) in [7, 11) is 0. The minimum absolute atomic E-state index is 0.0377. The summed E-state index contributed by atoms with van der Waals surface area (Å²) in [6.07, 6.45) is -1.11. The summed E-state index contributed by atoms with van der Waals surface area (Å²) in [5.41, 5.74) is 12.5. The molecule has 3 rings (SSSR count). The van der Waals surface area contributed by atoms with Crippen molar-refractivity contribution in [3.63, 3.8) is 0 Å². The summed E-state index contributed by atoms with van der Waals surface area (Å²) in [5, 5.41) is 67.9. The first-order valence-corrected chi connectivity index (χ1v) is 24.2. The van der Waals surface area contributed by atoms with Gasteiger partial charge in [0.2, 0.25) is 53.2 Å². The molecule has 1 fully saturated rings. The van der Waals surface area contributed by atoms with Gasteiger partial charge in [-0.1, -0.05) is 48.9 Å². The van der Waals surface area contributed by atoms with Crippen LogP contribution in [0.2, 0.25) is 0 Å². The summed E-state index contributed by atoms with van der Waals surface area (Å²) in [4.78, 5) is 144. The molecule has 0 spiro atoms. The number of carbonyl (C=O) groups is 11. The van der Waals surface area contributed by atoms with E-state index in [0.29, 0.717) is 30.5 Å². The van der Waals surface area contributed by atoms with Gasteiger partial charge in [-0.3, -0.25) is 47.9 Å². The van der Waals surface area contributed by atoms with Gasteiger partial charge < -0.3 is 84.4 Å². The highest BCUT2D eigenvalue weighted by atomic mass is 16.4. The van der Waals surface area contributed by atoms with Crippen LogP contribution in [0, 0.1) is 0 Å². The molecule has 412 valence electrons. The predicted octanol–water partition coefficient (Wildman–Crippen LogP) is -4.89. The van der Waals surface area contributed by atoms with Crippen LogP contribution in [-0.4, -0.2) is 183 Å². The molecule has 2 aromatic rings. The summed E-state index contributed by atoms with van der Waals surface area (Å²) in [6, 6.07) is 2.97. The van der Waals surface area contributed by atoms with Crippen LogP contribution < -0.4 is 54.0 Å². The van der Waals surface area contributed by atoms with Gasteiger partial charge in [-0.15, -0.1) is 0 Å². The average Bonchev–Trinajstić information content (AvgIpc) is 3.87. The first-order valence-electron chi connectivity index (χ1n) is 24.2. The molecular formula is C48H69N11O16. The molecule has 0 aromatic heterocycles. The number of unbranched alkanes of at least 4 members (excludes halogenated alkanes) is 1. The SMILES string of the molecule is C[C@H](NC(=O)[C@H](Cc1ccccc1)NC(=O)CNC(=O)CNC(=O)[C@H](CCC(=O)O)NC(=O)[C@@H]1CCCN1C(=O)[C@H](CO)NC(=O)[C@@H](NC(=O)[C@@H](N)CCCCN)[C@@H](C)O)C(=O)N[C@@H](Cc1ccc(O)cc1)C(=O)O. The minimum Gasteiger partial charge on any atom is -0.508 e. The largest absolute Gasteiger partial charge is 0.508 e. The maximum Gasteiger partial charge on any atom is 0.326 e. The minimum atomic E-state index is -1.66. The highest BCUT2D eigenvalue weighted by Gasteiger charge is 2.40. The Hall–Kier alpha value is -7.75. The quantitative estimate of drug-likeness (QED) is 0.0315. The number of benzene rings is 2. The molecule has 75 heavy (non-hydrogen) atoms. The Bertz CT molecular complexity index is 2310. The summed E-state index contributed by atoms with van der Waals surface area (Å²) >= 11 is 0. The van der Waals surface area contributed by atoms with Gasteiger partial charge in [-0.25, -0.2) is 4.79 Å². The monoisotopic (exact) mass is 1060 g/mol. The van der Waals surface area contributed by atoms with Crippen molar-refractivity contribution in [2.75, 3.05) is 32.8 Å². The average molecular weight is 1060 g/mol. The molecule has 9 amide bonds. The van der Waals surface area contributed by atoms with E-state index >= 15 is 0 Å². The van der Waals surface area contributed by atoms with Gasteiger partial charge in [-0.2, -0.15) is 0 Å².